The van der Waals surface area contributed by atoms with Gasteiger partial charge in [0.15, 0.2) is 17.3 Å². The number of Topliss-reactive ketones (excluding diaryl/α,β-unsaturated/α-hetero) is 1. The zero-order valence-electron chi connectivity index (χ0n) is 20.7. The van der Waals surface area contributed by atoms with Crippen LogP contribution in [0.5, 0.6) is 17.2 Å². The van der Waals surface area contributed by atoms with E-state index in [1.807, 2.05) is 30.3 Å². The molecule has 7 heteroatoms. The Balaban J connectivity index is 1.87. The Kier molecular flexibility index (Phi) is 7.13. The number of hydrogen-bond donors (Lipinski definition) is 1. The first-order chi connectivity index (χ1) is 16.8. The number of nitrogens with one attached hydrogen (secondary N) is 1. The van der Waals surface area contributed by atoms with E-state index in [1.54, 1.807) is 33.1 Å². The fraction of sp³-hybridized carbons (Fsp3) is 0.357. The van der Waals surface area contributed by atoms with Crippen LogP contribution in [-0.4, -0.2) is 27.1 Å². The van der Waals surface area contributed by atoms with Crippen LogP contribution in [0, 0.1) is 16.7 Å². The summed E-state index contributed by atoms with van der Waals surface area (Å²) in [6, 6.07) is 16.2. The Morgan fingerprint density at radius 3 is 2.29 bits per heavy atom. The molecule has 1 heterocycles. The maximum atomic E-state index is 13.5. The van der Waals surface area contributed by atoms with Gasteiger partial charge >= 0.3 is 0 Å². The van der Waals surface area contributed by atoms with E-state index in [1.165, 1.54) is 0 Å². The maximum Gasteiger partial charge on any atom is 0.203 e. The van der Waals surface area contributed by atoms with Gasteiger partial charge in [0.25, 0.3) is 0 Å². The first kappa shape index (κ1) is 24.7. The van der Waals surface area contributed by atoms with Crippen LogP contribution >= 0.6 is 11.8 Å². The third-order valence-electron chi connectivity index (χ3n) is 6.37. The molecule has 1 aliphatic heterocycles. The highest BCUT2D eigenvalue weighted by Crippen LogP contribution is 2.50. The van der Waals surface area contributed by atoms with Gasteiger partial charge in [-0.15, -0.1) is 11.8 Å². The molecule has 0 radical (unpaired) electrons. The van der Waals surface area contributed by atoms with Gasteiger partial charge in [-0.1, -0.05) is 44.2 Å². The Labute approximate surface area is 211 Å². The minimum atomic E-state index is -0.521. The molecule has 0 spiro atoms. The maximum absolute atomic E-state index is 13.5. The van der Waals surface area contributed by atoms with Crippen LogP contribution in [0.2, 0.25) is 0 Å². The second kappa shape index (κ2) is 10.1. The van der Waals surface area contributed by atoms with Crippen LogP contribution in [0.15, 0.2) is 64.3 Å². The summed E-state index contributed by atoms with van der Waals surface area (Å²) in [6.07, 6.45) is 1.16. The summed E-state index contributed by atoms with van der Waals surface area (Å²) >= 11 is 1.58. The average molecular weight is 491 g/mol. The van der Waals surface area contributed by atoms with E-state index in [9.17, 15) is 10.1 Å². The topological polar surface area (TPSA) is 80.6 Å². The molecule has 35 heavy (non-hydrogen) atoms. The number of ether oxygens (including phenoxy) is 3. The number of methoxy groups -OCH3 is 3. The van der Waals surface area contributed by atoms with Crippen molar-refractivity contribution in [3.05, 3.63) is 75.5 Å². The molecule has 0 saturated carbocycles. The molecular formula is C28H30N2O4S. The predicted molar refractivity (Wildman–Crippen MR) is 137 cm³/mol. The van der Waals surface area contributed by atoms with E-state index < -0.39 is 5.92 Å². The number of nitriles is 1. The van der Waals surface area contributed by atoms with Crippen molar-refractivity contribution >= 4 is 17.5 Å². The molecule has 2 aromatic carbocycles. The Hall–Kier alpha value is -3.37. The van der Waals surface area contributed by atoms with E-state index >= 15 is 0 Å². The highest BCUT2D eigenvalue weighted by atomic mass is 32.2. The Morgan fingerprint density at radius 1 is 1.06 bits per heavy atom. The summed E-state index contributed by atoms with van der Waals surface area (Å²) in [5.74, 6) is 1.69. The number of carbonyl (C=O) groups excluding carboxylic acids is 1. The van der Waals surface area contributed by atoms with Gasteiger partial charge < -0.3 is 19.5 Å². The van der Waals surface area contributed by atoms with Gasteiger partial charge in [0.05, 0.1) is 43.9 Å². The third-order valence-corrected chi connectivity index (χ3v) is 7.46. The molecule has 0 saturated heterocycles. The lowest BCUT2D eigenvalue weighted by Gasteiger charge is -2.39. The summed E-state index contributed by atoms with van der Waals surface area (Å²) in [4.78, 5) is 13.5. The molecule has 1 atom stereocenters. The zero-order chi connectivity index (χ0) is 25.2. The van der Waals surface area contributed by atoms with E-state index in [0.29, 0.717) is 40.6 Å². The van der Waals surface area contributed by atoms with Crippen LogP contribution in [0.3, 0.4) is 0 Å². The highest BCUT2D eigenvalue weighted by Gasteiger charge is 2.42. The van der Waals surface area contributed by atoms with Crippen molar-refractivity contribution in [2.24, 2.45) is 5.41 Å². The fourth-order valence-electron chi connectivity index (χ4n) is 4.82. The Morgan fingerprint density at radius 2 is 1.71 bits per heavy atom. The van der Waals surface area contributed by atoms with Gasteiger partial charge in [-0.2, -0.15) is 5.26 Å². The summed E-state index contributed by atoms with van der Waals surface area (Å²) in [5, 5.41) is 14.6. The van der Waals surface area contributed by atoms with Gasteiger partial charge in [-0.05, 0) is 35.1 Å². The number of rotatable bonds is 7. The fourth-order valence-corrected chi connectivity index (χ4v) is 5.84. The van der Waals surface area contributed by atoms with Crippen LogP contribution in [0.25, 0.3) is 0 Å². The van der Waals surface area contributed by atoms with E-state index in [2.05, 4.69) is 37.4 Å². The minimum absolute atomic E-state index is 0.0577. The molecule has 0 unspecified atom stereocenters. The molecule has 1 aliphatic carbocycles. The number of benzene rings is 2. The number of carbonyl (C=O) groups is 1. The van der Waals surface area contributed by atoms with Gasteiger partial charge in [0.1, 0.15) is 0 Å². The number of allylic oxidation sites excluding steroid dienone is 3. The summed E-state index contributed by atoms with van der Waals surface area (Å²) < 4.78 is 16.7. The first-order valence-electron chi connectivity index (χ1n) is 11.5. The number of ketones is 1. The van der Waals surface area contributed by atoms with Crippen LogP contribution in [0.1, 0.15) is 43.7 Å². The van der Waals surface area contributed by atoms with Crippen molar-refractivity contribution in [3.63, 3.8) is 0 Å². The van der Waals surface area contributed by atoms with Crippen molar-refractivity contribution in [2.75, 3.05) is 21.3 Å². The lowest BCUT2D eigenvalue weighted by molar-refractivity contribution is -0.118. The first-order valence-corrected chi connectivity index (χ1v) is 12.4. The summed E-state index contributed by atoms with van der Waals surface area (Å²) in [6.45, 7) is 4.20. The van der Waals surface area contributed by atoms with E-state index in [-0.39, 0.29) is 11.2 Å². The molecule has 2 aliphatic rings. The van der Waals surface area contributed by atoms with Crippen molar-refractivity contribution in [3.8, 4) is 23.3 Å². The third kappa shape index (κ3) is 4.89. The minimum Gasteiger partial charge on any atom is -0.493 e. The molecule has 2 aromatic rings. The number of nitrogens with zero attached hydrogens (tertiary/aromatic N) is 1. The standard InChI is InChI=1S/C28H30N2O4S/c1-28(2)13-20-25(21(31)14-28)24(18-11-22(32-3)26(34-5)23(12-18)33-4)19(15-29)27(30-20)35-16-17-9-7-6-8-10-17/h6-12,24,30H,13-14,16H2,1-5H3/t24-/m0/s1. The Bertz CT molecular complexity index is 1220. The monoisotopic (exact) mass is 490 g/mol. The lowest BCUT2D eigenvalue weighted by atomic mass is 9.69. The summed E-state index contributed by atoms with van der Waals surface area (Å²) in [7, 11) is 4.67. The lowest BCUT2D eigenvalue weighted by Crippen LogP contribution is -2.36. The molecule has 6 nitrogen and oxygen atoms in total. The molecule has 0 aromatic heterocycles. The van der Waals surface area contributed by atoms with Gasteiger partial charge in [0, 0.05) is 23.4 Å². The predicted octanol–water partition coefficient (Wildman–Crippen LogP) is 5.71. The van der Waals surface area contributed by atoms with Crippen molar-refractivity contribution in [1.82, 2.24) is 5.32 Å². The van der Waals surface area contributed by atoms with Gasteiger partial charge in [0.2, 0.25) is 5.75 Å². The van der Waals surface area contributed by atoms with Crippen molar-refractivity contribution in [2.45, 2.75) is 38.4 Å². The normalized spacial score (nSPS) is 19.0. The van der Waals surface area contributed by atoms with Gasteiger partial charge in [-0.25, -0.2) is 0 Å². The quantitative estimate of drug-likeness (QED) is 0.532. The largest absolute Gasteiger partial charge is 0.493 e. The SMILES string of the molecule is COc1cc([C@H]2C(C#N)=C(SCc3ccccc3)NC3=C2C(=O)CC(C)(C)C3)cc(OC)c1OC. The van der Waals surface area contributed by atoms with Crippen molar-refractivity contribution < 1.29 is 19.0 Å². The molecule has 0 bridgehead atoms. The number of dihydropyridines is 1. The van der Waals surface area contributed by atoms with E-state index in [0.717, 1.165) is 28.3 Å². The molecule has 1 N–H and O–H groups in total. The summed E-state index contributed by atoms with van der Waals surface area (Å²) in [5.41, 5.74) is 3.82. The van der Waals surface area contributed by atoms with Crippen LogP contribution in [-0.2, 0) is 10.5 Å². The highest BCUT2D eigenvalue weighted by molar-refractivity contribution is 8.02. The second-order valence-electron chi connectivity index (χ2n) is 9.48. The molecular weight excluding hydrogens is 460 g/mol. The van der Waals surface area contributed by atoms with E-state index in [4.69, 9.17) is 14.2 Å². The zero-order valence-corrected chi connectivity index (χ0v) is 21.5. The molecule has 182 valence electrons. The van der Waals surface area contributed by atoms with Crippen molar-refractivity contribution in [1.29, 1.82) is 5.26 Å². The second-order valence-corrected chi connectivity index (χ2v) is 10.5. The van der Waals surface area contributed by atoms with Crippen LogP contribution < -0.4 is 19.5 Å². The van der Waals surface area contributed by atoms with Gasteiger partial charge in [-0.3, -0.25) is 4.79 Å². The number of thioether (sulfide) groups is 1. The average Bonchev–Trinajstić information content (AvgIpc) is 2.85. The molecule has 0 amide bonds. The molecule has 0 fully saturated rings. The smallest absolute Gasteiger partial charge is 0.203 e. The molecule has 4 rings (SSSR count). The number of hydrogen-bond acceptors (Lipinski definition) is 7. The van der Waals surface area contributed by atoms with Crippen LogP contribution in [0.4, 0.5) is 0 Å².